The van der Waals surface area contributed by atoms with E-state index in [4.69, 9.17) is 9.84 Å². The predicted molar refractivity (Wildman–Crippen MR) is 85.5 cm³/mol. The van der Waals surface area contributed by atoms with Crippen molar-refractivity contribution in [3.8, 4) is 5.75 Å². The Bertz CT molecular complexity index is 590. The molecule has 0 heterocycles. The van der Waals surface area contributed by atoms with Crippen molar-refractivity contribution in [1.29, 1.82) is 0 Å². The second-order valence-corrected chi connectivity index (χ2v) is 5.97. The first-order valence-corrected chi connectivity index (χ1v) is 7.70. The lowest BCUT2D eigenvalue weighted by Gasteiger charge is -2.20. The summed E-state index contributed by atoms with van der Waals surface area (Å²) in [6.45, 7) is 7.30. The zero-order valence-electron chi connectivity index (χ0n) is 14.2. The molecule has 0 saturated heterocycles. The van der Waals surface area contributed by atoms with Gasteiger partial charge in [-0.25, -0.2) is 13.6 Å². The van der Waals surface area contributed by atoms with Gasteiger partial charge in [0.25, 0.3) is 5.91 Å². The Balaban J connectivity index is 2.79. The molecule has 24 heavy (non-hydrogen) atoms. The summed E-state index contributed by atoms with van der Waals surface area (Å²) in [4.78, 5) is 23.0. The van der Waals surface area contributed by atoms with E-state index in [0.29, 0.717) is 5.75 Å². The number of benzene rings is 1. The van der Waals surface area contributed by atoms with Crippen LogP contribution in [-0.2, 0) is 9.59 Å². The molecule has 1 aromatic carbocycles. The van der Waals surface area contributed by atoms with Gasteiger partial charge < -0.3 is 15.2 Å². The van der Waals surface area contributed by atoms with Crippen LogP contribution in [0.4, 0.5) is 8.78 Å². The third-order valence-electron chi connectivity index (χ3n) is 3.58. The molecule has 2 N–H and O–H groups in total. The fraction of sp³-hybridized carbons (Fsp3) is 0.529. The first-order valence-electron chi connectivity index (χ1n) is 7.70. The molecule has 0 bridgehead atoms. The molecule has 0 aliphatic rings. The Hall–Kier alpha value is -2.18. The first-order chi connectivity index (χ1) is 11.1. The van der Waals surface area contributed by atoms with Crippen molar-refractivity contribution in [2.75, 3.05) is 0 Å². The highest BCUT2D eigenvalue weighted by Crippen LogP contribution is 2.25. The zero-order chi connectivity index (χ0) is 18.4. The van der Waals surface area contributed by atoms with Crippen LogP contribution in [0.15, 0.2) is 18.2 Å². The minimum atomic E-state index is -2.83. The Kier molecular flexibility index (Phi) is 7.13. The van der Waals surface area contributed by atoms with Crippen molar-refractivity contribution in [3.05, 3.63) is 29.3 Å². The number of aliphatic carboxylic acids is 1. The number of ether oxygens (including phenoxy) is 1. The highest BCUT2D eigenvalue weighted by atomic mass is 19.3. The average molecular weight is 343 g/mol. The largest absolute Gasteiger partial charge is 0.481 e. The number of nitrogens with one attached hydrogen (secondary N) is 1. The number of carbonyl (C=O) groups is 2. The molecule has 0 aliphatic heterocycles. The summed E-state index contributed by atoms with van der Waals surface area (Å²) in [6, 6.07) is 4.00. The molecule has 1 aromatic rings. The third kappa shape index (κ3) is 5.79. The molecule has 0 radical (unpaired) electrons. The van der Waals surface area contributed by atoms with Gasteiger partial charge in [0, 0.05) is 6.42 Å². The summed E-state index contributed by atoms with van der Waals surface area (Å²) in [5.41, 5.74) is 1.85. The van der Waals surface area contributed by atoms with Gasteiger partial charge in [0.05, 0.1) is 0 Å². The van der Waals surface area contributed by atoms with Gasteiger partial charge >= 0.3 is 5.97 Å². The maximum absolute atomic E-state index is 12.4. The number of amides is 1. The fourth-order valence-electron chi connectivity index (χ4n) is 2.04. The molecule has 0 aromatic heterocycles. The molecule has 2 unspecified atom stereocenters. The molecule has 134 valence electrons. The normalized spacial score (nSPS) is 13.7. The zero-order valence-corrected chi connectivity index (χ0v) is 14.2. The van der Waals surface area contributed by atoms with Gasteiger partial charge in [-0.05, 0) is 37.0 Å². The number of carbonyl (C=O) groups excluding carboxylic acids is 1. The van der Waals surface area contributed by atoms with Crippen LogP contribution in [0.3, 0.4) is 0 Å². The number of halogens is 2. The lowest BCUT2D eigenvalue weighted by Crippen LogP contribution is -2.47. The van der Waals surface area contributed by atoms with Crippen LogP contribution < -0.4 is 10.1 Å². The number of hydrogen-bond donors (Lipinski definition) is 2. The van der Waals surface area contributed by atoms with Crippen LogP contribution in [0.25, 0.3) is 0 Å². The molecule has 2 atom stereocenters. The summed E-state index contributed by atoms with van der Waals surface area (Å²) in [5.74, 6) is -1.48. The topological polar surface area (TPSA) is 75.6 Å². The van der Waals surface area contributed by atoms with Crippen LogP contribution in [0.1, 0.15) is 44.2 Å². The number of alkyl halides is 2. The Morgan fingerprint density at radius 1 is 1.25 bits per heavy atom. The van der Waals surface area contributed by atoms with E-state index in [1.54, 1.807) is 0 Å². The van der Waals surface area contributed by atoms with Gasteiger partial charge in [-0.1, -0.05) is 26.0 Å². The third-order valence-corrected chi connectivity index (χ3v) is 3.58. The lowest BCUT2D eigenvalue weighted by molar-refractivity contribution is -0.144. The summed E-state index contributed by atoms with van der Waals surface area (Å²) in [6.07, 6.45) is -4.78. The fourth-order valence-corrected chi connectivity index (χ4v) is 2.04. The number of carboxylic acids is 1. The Morgan fingerprint density at radius 2 is 1.88 bits per heavy atom. The van der Waals surface area contributed by atoms with E-state index in [0.717, 1.165) is 11.1 Å². The van der Waals surface area contributed by atoms with Crippen LogP contribution in [-0.4, -0.2) is 35.6 Å². The molecule has 1 rings (SSSR count). The van der Waals surface area contributed by atoms with Crippen LogP contribution >= 0.6 is 0 Å². The van der Waals surface area contributed by atoms with E-state index in [1.165, 1.54) is 6.92 Å². The molecule has 1 amide bonds. The van der Waals surface area contributed by atoms with Gasteiger partial charge in [0.15, 0.2) is 6.10 Å². The number of carboxylic acid groups (broad SMARTS) is 1. The molecule has 7 heteroatoms. The van der Waals surface area contributed by atoms with Crippen molar-refractivity contribution in [2.45, 2.75) is 58.6 Å². The summed E-state index contributed by atoms with van der Waals surface area (Å²) < 4.78 is 30.3. The minimum absolute atomic E-state index is 0.277. The Labute approximate surface area is 140 Å². The van der Waals surface area contributed by atoms with E-state index in [1.807, 2.05) is 39.0 Å². The summed E-state index contributed by atoms with van der Waals surface area (Å²) >= 11 is 0. The van der Waals surface area contributed by atoms with Gasteiger partial charge in [0.1, 0.15) is 11.8 Å². The number of rotatable bonds is 8. The predicted octanol–water partition coefficient (Wildman–Crippen LogP) is 3.11. The van der Waals surface area contributed by atoms with Crippen molar-refractivity contribution >= 4 is 11.9 Å². The molecular formula is C17H23F2NO4. The standard InChI is InChI=1S/C17H23F2NO4/c1-9(2)12-6-5-10(3)14(7-12)24-11(4)16(21)20-13(17(22)23)8-15(18)19/h5-7,9,11,13,15H,8H2,1-4H3,(H,20,21)(H,22,23). The van der Waals surface area contributed by atoms with Gasteiger partial charge in [-0.15, -0.1) is 0 Å². The van der Waals surface area contributed by atoms with Crippen molar-refractivity contribution < 1.29 is 28.2 Å². The average Bonchev–Trinajstić information content (AvgIpc) is 2.47. The summed E-state index contributed by atoms with van der Waals surface area (Å²) in [7, 11) is 0. The quantitative estimate of drug-likeness (QED) is 0.760. The van der Waals surface area contributed by atoms with Crippen molar-refractivity contribution in [2.24, 2.45) is 0 Å². The van der Waals surface area contributed by atoms with Crippen LogP contribution in [0, 0.1) is 6.92 Å². The highest BCUT2D eigenvalue weighted by Gasteiger charge is 2.27. The van der Waals surface area contributed by atoms with E-state index in [2.05, 4.69) is 5.32 Å². The van der Waals surface area contributed by atoms with Gasteiger partial charge in [-0.2, -0.15) is 0 Å². The van der Waals surface area contributed by atoms with Gasteiger partial charge in [-0.3, -0.25) is 4.79 Å². The monoisotopic (exact) mass is 343 g/mol. The Morgan fingerprint density at radius 3 is 2.38 bits per heavy atom. The number of hydrogen-bond acceptors (Lipinski definition) is 3. The van der Waals surface area contributed by atoms with Gasteiger partial charge in [0.2, 0.25) is 6.43 Å². The molecular weight excluding hydrogens is 320 g/mol. The maximum atomic E-state index is 12.4. The van der Waals surface area contributed by atoms with E-state index >= 15 is 0 Å². The SMILES string of the molecule is Cc1ccc(C(C)C)cc1OC(C)C(=O)NC(CC(F)F)C(=O)O. The van der Waals surface area contributed by atoms with Crippen LogP contribution in [0.5, 0.6) is 5.75 Å². The van der Waals surface area contributed by atoms with E-state index in [9.17, 15) is 18.4 Å². The van der Waals surface area contributed by atoms with E-state index in [-0.39, 0.29) is 5.92 Å². The second kappa shape index (κ2) is 8.61. The molecule has 0 aliphatic carbocycles. The molecule has 0 saturated carbocycles. The lowest BCUT2D eigenvalue weighted by atomic mass is 10.0. The minimum Gasteiger partial charge on any atom is -0.481 e. The second-order valence-electron chi connectivity index (χ2n) is 5.97. The van der Waals surface area contributed by atoms with Crippen molar-refractivity contribution in [3.63, 3.8) is 0 Å². The van der Waals surface area contributed by atoms with Crippen molar-refractivity contribution in [1.82, 2.24) is 5.32 Å². The molecule has 5 nitrogen and oxygen atoms in total. The molecule has 0 spiro atoms. The molecule has 0 fully saturated rings. The summed E-state index contributed by atoms with van der Waals surface area (Å²) in [5, 5.41) is 11.0. The number of aryl methyl sites for hydroxylation is 1. The maximum Gasteiger partial charge on any atom is 0.326 e. The smallest absolute Gasteiger partial charge is 0.326 e. The highest BCUT2D eigenvalue weighted by molar-refractivity contribution is 5.86. The first kappa shape index (κ1) is 19.9. The van der Waals surface area contributed by atoms with E-state index < -0.39 is 36.9 Å². The van der Waals surface area contributed by atoms with Crippen LogP contribution in [0.2, 0.25) is 0 Å².